The molecule has 2 aromatic rings. The summed E-state index contributed by atoms with van der Waals surface area (Å²) in [5.74, 6) is -1.63. The summed E-state index contributed by atoms with van der Waals surface area (Å²) in [4.78, 5) is 30.1. The van der Waals surface area contributed by atoms with Crippen LogP contribution in [0.4, 0.5) is 0 Å². The van der Waals surface area contributed by atoms with E-state index in [0.717, 1.165) is 16.7 Å². The first-order valence-corrected chi connectivity index (χ1v) is 13.5. The minimum atomic E-state index is -3.78. The van der Waals surface area contributed by atoms with E-state index in [1.165, 1.54) is 18.2 Å². The highest BCUT2D eigenvalue weighted by molar-refractivity contribution is 8.16. The number of sulfone groups is 1. The second kappa shape index (κ2) is 9.88. The van der Waals surface area contributed by atoms with E-state index in [2.05, 4.69) is 9.39 Å². The van der Waals surface area contributed by atoms with E-state index in [0.29, 0.717) is 23.1 Å². The van der Waals surface area contributed by atoms with E-state index in [9.17, 15) is 18.0 Å². The number of hydrogen-bond donors (Lipinski definition) is 1. The van der Waals surface area contributed by atoms with E-state index in [4.69, 9.17) is 26.5 Å². The van der Waals surface area contributed by atoms with Gasteiger partial charge in [-0.15, -0.1) is 0 Å². The molecule has 10 nitrogen and oxygen atoms in total. The van der Waals surface area contributed by atoms with Crippen LogP contribution in [0.3, 0.4) is 0 Å². The lowest BCUT2D eigenvalue weighted by Gasteiger charge is -2.24. The number of hydrogen-bond acceptors (Lipinski definition) is 9. The van der Waals surface area contributed by atoms with Crippen LogP contribution in [0.15, 0.2) is 51.4 Å². The Bertz CT molecular complexity index is 1500. The fourth-order valence-electron chi connectivity index (χ4n) is 3.28. The molecule has 0 bridgehead atoms. The van der Waals surface area contributed by atoms with Gasteiger partial charge in [0.2, 0.25) is 20.2 Å². The molecule has 0 atom stereocenters. The number of rotatable bonds is 5. The number of aliphatic imine (C=N–C) groups is 1. The quantitative estimate of drug-likeness (QED) is 0.258. The van der Waals surface area contributed by atoms with Gasteiger partial charge >= 0.3 is 5.97 Å². The zero-order valence-electron chi connectivity index (χ0n) is 19.2. The smallest absolute Gasteiger partial charge is 0.343 e. The number of nitrogens with one attached hydrogen (secondary N) is 1. The van der Waals surface area contributed by atoms with Gasteiger partial charge < -0.3 is 9.47 Å². The van der Waals surface area contributed by atoms with Crippen molar-refractivity contribution in [3.8, 4) is 11.5 Å². The Kier molecular flexibility index (Phi) is 7.03. The third-order valence-electron chi connectivity index (χ3n) is 4.95. The summed E-state index contributed by atoms with van der Waals surface area (Å²) in [5.41, 5.74) is 1.47. The fourth-order valence-corrected chi connectivity index (χ4v) is 5.38. The molecule has 4 rings (SSSR count). The van der Waals surface area contributed by atoms with Crippen LogP contribution in [-0.2, 0) is 14.6 Å². The van der Waals surface area contributed by atoms with Gasteiger partial charge in [0.1, 0.15) is 5.84 Å². The molecular weight excluding hydrogens is 528 g/mol. The molecule has 2 aliphatic rings. The van der Waals surface area contributed by atoms with Crippen LogP contribution in [0.25, 0.3) is 6.08 Å². The minimum Gasteiger partial charge on any atom is -0.490 e. The maximum absolute atomic E-state index is 12.6. The summed E-state index contributed by atoms with van der Waals surface area (Å²) < 4.78 is 39.1. The van der Waals surface area contributed by atoms with E-state index in [1.807, 2.05) is 6.92 Å². The van der Waals surface area contributed by atoms with Gasteiger partial charge in [0.05, 0.1) is 34.7 Å². The van der Waals surface area contributed by atoms with E-state index < -0.39 is 27.5 Å². The summed E-state index contributed by atoms with van der Waals surface area (Å²) in [7, 11) is -3.78. The number of carbonyl (C=O) groups is 2. The van der Waals surface area contributed by atoms with Crippen molar-refractivity contribution in [2.75, 3.05) is 12.9 Å². The number of amides is 1. The second-order valence-electron chi connectivity index (χ2n) is 7.70. The topological polar surface area (TPSA) is 139 Å². The maximum Gasteiger partial charge on any atom is 0.343 e. The van der Waals surface area contributed by atoms with Gasteiger partial charge in [-0.1, -0.05) is 29.3 Å². The zero-order chi connectivity index (χ0) is 26.2. The van der Waals surface area contributed by atoms with Crippen LogP contribution < -0.4 is 9.47 Å². The third-order valence-corrected chi connectivity index (χ3v) is 6.99. The molecule has 2 heterocycles. The molecule has 13 heteroatoms. The molecule has 0 unspecified atom stereocenters. The predicted octanol–water partition coefficient (Wildman–Crippen LogP) is 3.89. The molecule has 0 spiro atoms. The lowest BCUT2D eigenvalue weighted by Crippen LogP contribution is -2.45. The molecule has 1 amide bonds. The summed E-state index contributed by atoms with van der Waals surface area (Å²) in [6.07, 6.45) is 2.28. The fraction of sp³-hybridized carbons (Fsp3) is 0.174. The Hall–Kier alpha value is -3.48. The van der Waals surface area contributed by atoms with E-state index >= 15 is 0 Å². The zero-order valence-corrected chi connectivity index (χ0v) is 21.6. The maximum atomic E-state index is 12.6. The van der Waals surface area contributed by atoms with Crippen molar-refractivity contribution in [1.29, 1.82) is 5.41 Å². The molecule has 2 aliphatic heterocycles. The van der Waals surface area contributed by atoms with Gasteiger partial charge in [-0.2, -0.15) is 9.39 Å². The standard InChI is InChI=1S/C23H19ClN4O6S2/c1-4-33-17-11-13(10-16(24)18(17)34-21(30)14-7-5-12(2)6-8-14)9-15-19(25)28-22(26-20(15)29)35-27-23(28)36(3,31)32/h5-11,25H,4H2,1-3H3/b15-9-,25-19?. The molecule has 0 aromatic heterocycles. The lowest BCUT2D eigenvalue weighted by molar-refractivity contribution is -0.114. The molecule has 0 radical (unpaired) electrons. The Labute approximate surface area is 216 Å². The molecule has 0 fully saturated rings. The van der Waals surface area contributed by atoms with Gasteiger partial charge in [0.25, 0.3) is 5.91 Å². The first kappa shape index (κ1) is 25.6. The normalized spacial score (nSPS) is 16.6. The van der Waals surface area contributed by atoms with Crippen molar-refractivity contribution in [3.05, 3.63) is 63.7 Å². The SMILES string of the molecule is CCOc1cc(/C=C2/C(=N)N3C(=NC2=O)SN=C3S(C)(=O)=O)cc(Cl)c1OC(=O)c1ccc(C)cc1. The Morgan fingerprint density at radius 3 is 2.58 bits per heavy atom. The van der Waals surface area contributed by atoms with Gasteiger partial charge in [0.15, 0.2) is 11.5 Å². The molecule has 0 saturated heterocycles. The first-order chi connectivity index (χ1) is 17.0. The van der Waals surface area contributed by atoms with Crippen LogP contribution in [0.5, 0.6) is 11.5 Å². The Morgan fingerprint density at radius 2 is 1.94 bits per heavy atom. The van der Waals surface area contributed by atoms with Crippen molar-refractivity contribution in [2.24, 2.45) is 9.39 Å². The Morgan fingerprint density at radius 1 is 1.25 bits per heavy atom. The number of aryl methyl sites for hydroxylation is 1. The number of halogens is 1. The summed E-state index contributed by atoms with van der Waals surface area (Å²) in [5, 5.41) is 8.08. The number of fused-ring (bicyclic) bond motifs is 1. The highest BCUT2D eigenvalue weighted by atomic mass is 35.5. The van der Waals surface area contributed by atoms with Crippen LogP contribution in [-0.4, -0.2) is 54.2 Å². The number of benzene rings is 2. The molecular formula is C23H19ClN4O6S2. The molecule has 0 aliphatic carbocycles. The van der Waals surface area contributed by atoms with Crippen molar-refractivity contribution in [1.82, 2.24) is 4.90 Å². The summed E-state index contributed by atoms with van der Waals surface area (Å²) in [6.45, 7) is 3.86. The monoisotopic (exact) mass is 546 g/mol. The number of carbonyl (C=O) groups excluding carboxylic acids is 2. The highest BCUT2D eigenvalue weighted by Gasteiger charge is 2.41. The number of ether oxygens (including phenoxy) is 2. The van der Waals surface area contributed by atoms with Crippen LogP contribution >= 0.6 is 23.5 Å². The van der Waals surface area contributed by atoms with Gasteiger partial charge in [-0.05, 0) is 49.8 Å². The van der Waals surface area contributed by atoms with Crippen molar-refractivity contribution < 1.29 is 27.5 Å². The number of nitrogens with zero attached hydrogens (tertiary/aromatic N) is 3. The van der Waals surface area contributed by atoms with E-state index in [-0.39, 0.29) is 39.0 Å². The summed E-state index contributed by atoms with van der Waals surface area (Å²) >= 11 is 7.13. The molecule has 36 heavy (non-hydrogen) atoms. The van der Waals surface area contributed by atoms with Gasteiger partial charge in [-0.3, -0.25) is 10.2 Å². The minimum absolute atomic E-state index is 0.000894. The number of amidine groups is 3. The first-order valence-electron chi connectivity index (χ1n) is 10.4. The van der Waals surface area contributed by atoms with Gasteiger partial charge in [-0.25, -0.2) is 18.1 Å². The molecule has 2 aromatic carbocycles. The van der Waals surface area contributed by atoms with Crippen LogP contribution in [0, 0.1) is 12.3 Å². The van der Waals surface area contributed by atoms with E-state index in [1.54, 1.807) is 31.2 Å². The van der Waals surface area contributed by atoms with Crippen molar-refractivity contribution >= 4 is 67.5 Å². The average molecular weight is 547 g/mol. The van der Waals surface area contributed by atoms with Gasteiger partial charge in [0, 0.05) is 6.26 Å². The highest BCUT2D eigenvalue weighted by Crippen LogP contribution is 2.38. The lowest BCUT2D eigenvalue weighted by atomic mass is 10.1. The molecule has 0 saturated carbocycles. The molecule has 1 N–H and O–H groups in total. The third kappa shape index (κ3) is 5.06. The predicted molar refractivity (Wildman–Crippen MR) is 139 cm³/mol. The average Bonchev–Trinajstić information content (AvgIpc) is 3.24. The number of esters is 1. The Balaban J connectivity index is 1.70. The molecule has 186 valence electrons. The largest absolute Gasteiger partial charge is 0.490 e. The van der Waals surface area contributed by atoms with Crippen molar-refractivity contribution in [2.45, 2.75) is 13.8 Å². The van der Waals surface area contributed by atoms with Crippen molar-refractivity contribution in [3.63, 3.8) is 0 Å². The second-order valence-corrected chi connectivity index (χ2v) is 10.7. The summed E-state index contributed by atoms with van der Waals surface area (Å²) in [6, 6.07) is 9.73. The van der Waals surface area contributed by atoms with Crippen LogP contribution in [0.1, 0.15) is 28.4 Å². The van der Waals surface area contributed by atoms with Crippen LogP contribution in [0.2, 0.25) is 5.02 Å².